The van der Waals surface area contributed by atoms with Crippen LogP contribution in [-0.2, 0) is 19.4 Å². The number of carbonyl (C=O) groups excluding carboxylic acids is 2. The fourth-order valence-electron chi connectivity index (χ4n) is 2.54. The smallest absolute Gasteiger partial charge is 0.251 e. The number of halogens is 1. The molecule has 0 radical (unpaired) electrons. The number of nitrogens with zero attached hydrogens (tertiary/aromatic N) is 1. The summed E-state index contributed by atoms with van der Waals surface area (Å²) < 4.78 is 42.4. The Bertz CT molecular complexity index is 733. The summed E-state index contributed by atoms with van der Waals surface area (Å²) in [5.74, 6) is -2.49. The molecule has 2 amide bonds. The van der Waals surface area contributed by atoms with Gasteiger partial charge in [0.05, 0.1) is 24.7 Å². The van der Waals surface area contributed by atoms with Gasteiger partial charge in [0, 0.05) is 25.2 Å². The Hall–Kier alpha value is -2.04. The Kier molecular flexibility index (Phi) is 7.06. The minimum Gasteiger partial charge on any atom is -0.378 e. The molecule has 3 N–H and O–H groups in total. The van der Waals surface area contributed by atoms with Crippen molar-refractivity contribution in [3.05, 3.63) is 35.6 Å². The number of carbonyl (C=O) groups is 2. The highest BCUT2D eigenvalue weighted by molar-refractivity contribution is 7.91. The van der Waals surface area contributed by atoms with Gasteiger partial charge in [-0.2, -0.15) is 0 Å². The lowest BCUT2D eigenvalue weighted by Crippen LogP contribution is -2.54. The van der Waals surface area contributed by atoms with E-state index in [0.717, 1.165) is 12.1 Å². The Morgan fingerprint density at radius 1 is 1.23 bits per heavy atom. The Labute approximate surface area is 151 Å². The lowest BCUT2D eigenvalue weighted by Gasteiger charge is -2.30. The van der Waals surface area contributed by atoms with E-state index in [9.17, 15) is 22.4 Å². The fourth-order valence-corrected chi connectivity index (χ4v) is 3.80. The predicted molar refractivity (Wildman–Crippen MR) is 92.8 cm³/mol. The van der Waals surface area contributed by atoms with Crippen LogP contribution in [0, 0.1) is 5.82 Å². The van der Waals surface area contributed by atoms with Crippen LogP contribution < -0.4 is 11.1 Å². The molecule has 0 aromatic heterocycles. The maximum atomic E-state index is 13.0. The topological polar surface area (TPSA) is 119 Å². The molecule has 8 nitrogen and oxygen atoms in total. The predicted octanol–water partition coefficient (Wildman–Crippen LogP) is -0.844. The van der Waals surface area contributed by atoms with Crippen LogP contribution in [0.1, 0.15) is 10.4 Å². The van der Waals surface area contributed by atoms with E-state index in [1.807, 2.05) is 0 Å². The van der Waals surface area contributed by atoms with Crippen molar-refractivity contribution in [3.8, 4) is 0 Å². The number of sulfone groups is 1. The van der Waals surface area contributed by atoms with E-state index in [4.69, 9.17) is 10.5 Å². The number of hydrogen-bond acceptors (Lipinski definition) is 6. The summed E-state index contributed by atoms with van der Waals surface area (Å²) in [5, 5.41) is 2.45. The van der Waals surface area contributed by atoms with Crippen LogP contribution in [0.5, 0.6) is 0 Å². The average Bonchev–Trinajstić information content (AvgIpc) is 2.61. The first-order chi connectivity index (χ1) is 12.3. The zero-order chi connectivity index (χ0) is 19.2. The van der Waals surface area contributed by atoms with Crippen LogP contribution in [0.2, 0.25) is 0 Å². The van der Waals surface area contributed by atoms with Crippen molar-refractivity contribution < 1.29 is 27.1 Å². The van der Waals surface area contributed by atoms with Gasteiger partial charge in [0.25, 0.3) is 5.91 Å². The summed E-state index contributed by atoms with van der Waals surface area (Å²) in [4.78, 5) is 26.5. The number of morpholine rings is 1. The third-order valence-corrected chi connectivity index (χ3v) is 5.58. The van der Waals surface area contributed by atoms with Crippen LogP contribution in [0.25, 0.3) is 0 Å². The molecule has 1 aromatic carbocycles. The molecule has 1 atom stereocenters. The van der Waals surface area contributed by atoms with Crippen LogP contribution in [0.15, 0.2) is 24.3 Å². The molecule has 0 aliphatic carbocycles. The summed E-state index contributed by atoms with van der Waals surface area (Å²) >= 11 is 0. The normalized spacial score (nSPS) is 16.2. The van der Waals surface area contributed by atoms with Gasteiger partial charge in [-0.25, -0.2) is 12.8 Å². The molecule has 1 saturated heterocycles. The summed E-state index contributed by atoms with van der Waals surface area (Å²) in [6.07, 6.45) is 0. The largest absolute Gasteiger partial charge is 0.378 e. The van der Waals surface area contributed by atoms with Crippen molar-refractivity contribution >= 4 is 21.7 Å². The molecule has 0 bridgehead atoms. The first-order valence-corrected chi connectivity index (χ1v) is 9.98. The lowest BCUT2D eigenvalue weighted by molar-refractivity contribution is -0.136. The maximum absolute atomic E-state index is 13.0. The van der Waals surface area contributed by atoms with E-state index < -0.39 is 39.3 Å². The molecule has 0 spiro atoms. The molecular formula is C16H22FN3O5S. The minimum absolute atomic E-state index is 0.0767. The minimum atomic E-state index is -3.63. The van der Waals surface area contributed by atoms with Crippen molar-refractivity contribution in [2.75, 3.05) is 44.4 Å². The summed E-state index contributed by atoms with van der Waals surface area (Å²) in [7, 11) is -3.63. The van der Waals surface area contributed by atoms with E-state index in [2.05, 4.69) is 5.32 Å². The highest BCUT2D eigenvalue weighted by atomic mass is 32.2. The molecule has 1 aliphatic rings. The third kappa shape index (κ3) is 5.75. The van der Waals surface area contributed by atoms with Gasteiger partial charge >= 0.3 is 0 Å². The quantitative estimate of drug-likeness (QED) is 0.630. The van der Waals surface area contributed by atoms with Crippen molar-refractivity contribution in [3.63, 3.8) is 0 Å². The van der Waals surface area contributed by atoms with Crippen LogP contribution >= 0.6 is 0 Å². The van der Waals surface area contributed by atoms with E-state index in [1.54, 1.807) is 0 Å². The first kappa shape index (κ1) is 20.3. The van der Waals surface area contributed by atoms with Crippen LogP contribution in [0.3, 0.4) is 0 Å². The van der Waals surface area contributed by atoms with Gasteiger partial charge in [0.1, 0.15) is 11.9 Å². The first-order valence-electron chi connectivity index (χ1n) is 8.16. The van der Waals surface area contributed by atoms with Crippen LogP contribution in [0.4, 0.5) is 4.39 Å². The Balaban J connectivity index is 2.17. The molecule has 0 unspecified atom stereocenters. The van der Waals surface area contributed by atoms with E-state index in [-0.39, 0.29) is 17.9 Å². The second-order valence-electron chi connectivity index (χ2n) is 5.87. The third-order valence-electron chi connectivity index (χ3n) is 3.88. The molecule has 144 valence electrons. The number of rotatable bonds is 7. The molecule has 2 rings (SSSR count). The molecular weight excluding hydrogens is 365 g/mol. The Morgan fingerprint density at radius 2 is 1.85 bits per heavy atom. The van der Waals surface area contributed by atoms with Gasteiger partial charge in [-0.15, -0.1) is 0 Å². The molecule has 1 aromatic rings. The van der Waals surface area contributed by atoms with Crippen molar-refractivity contribution in [1.82, 2.24) is 10.2 Å². The molecule has 0 saturated carbocycles. The lowest BCUT2D eigenvalue weighted by atomic mass is 10.2. The van der Waals surface area contributed by atoms with Crippen molar-refractivity contribution in [2.24, 2.45) is 5.73 Å². The van der Waals surface area contributed by atoms with Gasteiger partial charge in [0.15, 0.2) is 9.84 Å². The second-order valence-corrected chi connectivity index (χ2v) is 8.10. The van der Waals surface area contributed by atoms with E-state index >= 15 is 0 Å². The number of ether oxygens (including phenoxy) is 1. The average molecular weight is 387 g/mol. The number of nitrogens with one attached hydrogen (secondary N) is 1. The standard InChI is InChI=1S/C16H22FN3O5S/c17-13-3-1-12(2-4-13)15(21)19-14(11-26(23,24)10-5-18)16(22)20-6-8-25-9-7-20/h1-4,14H,5-11,18H2,(H,19,21)/t14-/m0/s1. The number of benzene rings is 1. The SMILES string of the molecule is NCCS(=O)(=O)C[C@H](NC(=O)c1ccc(F)cc1)C(=O)N1CCOCC1. The second kappa shape index (κ2) is 9.06. The van der Waals surface area contributed by atoms with Gasteiger partial charge in [-0.05, 0) is 24.3 Å². The van der Waals surface area contributed by atoms with Gasteiger partial charge in [-0.3, -0.25) is 9.59 Å². The highest BCUT2D eigenvalue weighted by Crippen LogP contribution is 2.07. The molecule has 1 fully saturated rings. The number of nitrogens with two attached hydrogens (primary N) is 1. The van der Waals surface area contributed by atoms with Crippen LogP contribution in [-0.4, -0.2) is 75.5 Å². The van der Waals surface area contributed by atoms with Crippen molar-refractivity contribution in [1.29, 1.82) is 0 Å². The van der Waals surface area contributed by atoms with E-state index in [1.165, 1.54) is 17.0 Å². The summed E-state index contributed by atoms with van der Waals surface area (Å²) in [6, 6.07) is 3.49. The maximum Gasteiger partial charge on any atom is 0.251 e. The fraction of sp³-hybridized carbons (Fsp3) is 0.500. The van der Waals surface area contributed by atoms with Gasteiger partial charge < -0.3 is 20.7 Å². The highest BCUT2D eigenvalue weighted by Gasteiger charge is 2.31. The summed E-state index contributed by atoms with van der Waals surface area (Å²) in [5.41, 5.74) is 5.43. The van der Waals surface area contributed by atoms with E-state index in [0.29, 0.717) is 26.3 Å². The summed E-state index contributed by atoms with van der Waals surface area (Å²) in [6.45, 7) is 1.25. The molecule has 10 heteroatoms. The zero-order valence-corrected chi connectivity index (χ0v) is 15.0. The van der Waals surface area contributed by atoms with Gasteiger partial charge in [-0.1, -0.05) is 0 Å². The molecule has 26 heavy (non-hydrogen) atoms. The number of amides is 2. The number of hydrogen-bond donors (Lipinski definition) is 2. The Morgan fingerprint density at radius 3 is 2.42 bits per heavy atom. The van der Waals surface area contributed by atoms with Crippen molar-refractivity contribution in [2.45, 2.75) is 6.04 Å². The zero-order valence-electron chi connectivity index (χ0n) is 14.2. The molecule has 1 heterocycles. The molecule has 1 aliphatic heterocycles. The van der Waals surface area contributed by atoms with Gasteiger partial charge in [0.2, 0.25) is 5.91 Å². The monoisotopic (exact) mass is 387 g/mol.